The van der Waals surface area contributed by atoms with Gasteiger partial charge < -0.3 is 9.47 Å². The Hall–Kier alpha value is 0.173. The molecule has 0 N–H and O–H groups in total. The van der Waals surface area contributed by atoms with Crippen molar-refractivity contribution in [2.24, 2.45) is 0 Å². The molecule has 0 aliphatic rings. The van der Waals surface area contributed by atoms with E-state index in [1.165, 1.54) is 14.8 Å². The SMILES string of the molecule is COc1[c-]ccc(OC)c1.[Zn+][I]. The van der Waals surface area contributed by atoms with Gasteiger partial charge in [-0.2, -0.15) is 6.07 Å². The number of hydrogen-bond acceptors (Lipinski definition) is 2. The third kappa shape index (κ3) is 4.26. The Labute approximate surface area is 93.5 Å². The molecule has 12 heavy (non-hydrogen) atoms. The van der Waals surface area contributed by atoms with Crippen LogP contribution in [0.5, 0.6) is 11.5 Å². The van der Waals surface area contributed by atoms with E-state index in [0.29, 0.717) is 5.75 Å². The summed E-state index contributed by atoms with van der Waals surface area (Å²) in [4.78, 5) is 0. The molecule has 1 aromatic rings. The van der Waals surface area contributed by atoms with Crippen molar-refractivity contribution in [1.29, 1.82) is 0 Å². The summed E-state index contributed by atoms with van der Waals surface area (Å²) >= 11 is 3.62. The van der Waals surface area contributed by atoms with E-state index >= 15 is 0 Å². The van der Waals surface area contributed by atoms with Crippen molar-refractivity contribution < 1.29 is 24.3 Å². The second-order valence-corrected chi connectivity index (χ2v) is 1.80. The molecule has 0 saturated carbocycles. The average molecular weight is 329 g/mol. The van der Waals surface area contributed by atoms with E-state index in [1.54, 1.807) is 26.4 Å². The third-order valence-electron chi connectivity index (χ3n) is 1.20. The Bertz CT molecular complexity index is 199. The Morgan fingerprint density at radius 3 is 2.50 bits per heavy atom. The van der Waals surface area contributed by atoms with Gasteiger partial charge in [0.05, 0.1) is 14.2 Å². The predicted molar refractivity (Wildman–Crippen MR) is 52.4 cm³/mol. The van der Waals surface area contributed by atoms with E-state index in [0.717, 1.165) is 5.75 Å². The van der Waals surface area contributed by atoms with Crippen molar-refractivity contribution >= 4 is 19.8 Å². The number of hydrogen-bond donors (Lipinski definition) is 0. The number of methoxy groups -OCH3 is 2. The maximum absolute atomic E-state index is 4.96. The van der Waals surface area contributed by atoms with Crippen LogP contribution in [0.15, 0.2) is 18.2 Å². The van der Waals surface area contributed by atoms with Gasteiger partial charge in [0.25, 0.3) is 0 Å². The molecule has 0 aromatic heterocycles. The average Bonchev–Trinajstić information content (AvgIpc) is 2.21. The van der Waals surface area contributed by atoms with Crippen LogP contribution in [0.3, 0.4) is 0 Å². The second kappa shape index (κ2) is 7.80. The molecule has 0 atom stereocenters. The fourth-order valence-corrected chi connectivity index (χ4v) is 0.670. The van der Waals surface area contributed by atoms with Crippen LogP contribution in [-0.4, -0.2) is 14.2 Å². The Balaban J connectivity index is 0.000000561. The molecular weight excluding hydrogens is 320 g/mol. The molecule has 0 spiro atoms. The number of halogens is 1. The van der Waals surface area contributed by atoms with E-state index in [1.807, 2.05) is 6.07 Å². The van der Waals surface area contributed by atoms with Gasteiger partial charge in [0.15, 0.2) is 0 Å². The first kappa shape index (κ1) is 12.2. The molecule has 0 bridgehead atoms. The van der Waals surface area contributed by atoms with Gasteiger partial charge in [-0.25, -0.2) is 0 Å². The normalized spacial score (nSPS) is 8.08. The molecule has 1 rings (SSSR count). The molecule has 4 heteroatoms. The van der Waals surface area contributed by atoms with Crippen LogP contribution in [-0.2, 0) is 14.8 Å². The van der Waals surface area contributed by atoms with E-state index in [4.69, 9.17) is 9.47 Å². The topological polar surface area (TPSA) is 18.5 Å². The summed E-state index contributed by atoms with van der Waals surface area (Å²) in [5, 5.41) is 0. The minimum atomic E-state index is 0.694. The van der Waals surface area contributed by atoms with Crippen molar-refractivity contribution in [2.75, 3.05) is 14.2 Å². The van der Waals surface area contributed by atoms with Crippen molar-refractivity contribution in [3.05, 3.63) is 24.3 Å². The molecule has 1 aromatic carbocycles. The van der Waals surface area contributed by atoms with Crippen LogP contribution >= 0.6 is 19.8 Å². The standard InChI is InChI=1S/C8H9O2.HI.Zn/c1-9-7-4-3-5-8(6-7)10-2;;/h3-4,6H,1-2H3;1H;/q-1;;+2/p-1. The number of benzene rings is 1. The summed E-state index contributed by atoms with van der Waals surface area (Å²) in [5.74, 6) is 1.48. The van der Waals surface area contributed by atoms with Gasteiger partial charge in [0, 0.05) is 11.5 Å². The summed E-state index contributed by atoms with van der Waals surface area (Å²) in [6.45, 7) is 0. The molecule has 0 saturated heterocycles. The van der Waals surface area contributed by atoms with Crippen LogP contribution < -0.4 is 9.47 Å². The van der Waals surface area contributed by atoms with E-state index in [-0.39, 0.29) is 0 Å². The van der Waals surface area contributed by atoms with Crippen LogP contribution in [0.25, 0.3) is 0 Å². The molecule has 0 amide bonds. The Kier molecular flexibility index (Phi) is 7.92. The molecule has 0 fully saturated rings. The molecule has 2 nitrogen and oxygen atoms in total. The number of rotatable bonds is 2. The first-order valence-electron chi connectivity index (χ1n) is 3.23. The monoisotopic (exact) mass is 328 g/mol. The summed E-state index contributed by atoms with van der Waals surface area (Å²) in [5.41, 5.74) is 0. The maximum atomic E-state index is 4.96. The minimum absolute atomic E-state index is 0.694. The molecule has 0 unspecified atom stereocenters. The van der Waals surface area contributed by atoms with Crippen molar-refractivity contribution in [3.63, 3.8) is 0 Å². The van der Waals surface area contributed by atoms with Gasteiger partial charge in [-0.05, 0) is 0 Å². The first-order chi connectivity index (χ1) is 5.86. The van der Waals surface area contributed by atoms with Gasteiger partial charge >= 0.3 is 34.5 Å². The fourth-order valence-electron chi connectivity index (χ4n) is 0.670. The van der Waals surface area contributed by atoms with Crippen LogP contribution in [0.2, 0.25) is 0 Å². The number of ether oxygens (including phenoxy) is 2. The fraction of sp³-hybridized carbons (Fsp3) is 0.250. The Morgan fingerprint density at radius 2 is 2.00 bits per heavy atom. The van der Waals surface area contributed by atoms with Crippen LogP contribution in [0, 0.1) is 6.07 Å². The summed E-state index contributed by atoms with van der Waals surface area (Å²) < 4.78 is 9.88. The van der Waals surface area contributed by atoms with E-state index < -0.39 is 0 Å². The van der Waals surface area contributed by atoms with Gasteiger partial charge in [-0.1, -0.05) is 6.07 Å². The van der Waals surface area contributed by atoms with Crippen molar-refractivity contribution in [3.8, 4) is 11.5 Å². The first-order valence-corrected chi connectivity index (χ1v) is 12.3. The second-order valence-electron chi connectivity index (χ2n) is 1.80. The zero-order valence-electron chi connectivity index (χ0n) is 7.13. The molecule has 62 valence electrons. The van der Waals surface area contributed by atoms with E-state index in [2.05, 4.69) is 25.8 Å². The van der Waals surface area contributed by atoms with Crippen molar-refractivity contribution in [2.45, 2.75) is 0 Å². The summed E-state index contributed by atoms with van der Waals surface area (Å²) in [7, 11) is 3.22. The van der Waals surface area contributed by atoms with Gasteiger partial charge in [-0.15, -0.1) is 12.1 Å². The predicted octanol–water partition coefficient (Wildman–Crippen LogP) is 2.39. The van der Waals surface area contributed by atoms with Crippen LogP contribution in [0.1, 0.15) is 0 Å². The molecule has 0 aliphatic heterocycles. The summed E-state index contributed by atoms with van der Waals surface area (Å²) in [6.07, 6.45) is 0. The molecule has 0 aliphatic carbocycles. The van der Waals surface area contributed by atoms with Crippen LogP contribution in [0.4, 0.5) is 0 Å². The third-order valence-corrected chi connectivity index (χ3v) is 1.20. The molecular formula is C8H9IO2Zn. The zero-order chi connectivity index (χ0) is 9.40. The zero-order valence-corrected chi connectivity index (χ0v) is 12.3. The Morgan fingerprint density at radius 1 is 1.33 bits per heavy atom. The van der Waals surface area contributed by atoms with Gasteiger partial charge in [0.1, 0.15) is 0 Å². The van der Waals surface area contributed by atoms with E-state index in [9.17, 15) is 0 Å². The van der Waals surface area contributed by atoms with Crippen molar-refractivity contribution in [1.82, 2.24) is 0 Å². The van der Waals surface area contributed by atoms with Gasteiger partial charge in [0.2, 0.25) is 0 Å². The quantitative estimate of drug-likeness (QED) is 0.471. The molecule has 0 radical (unpaired) electrons. The van der Waals surface area contributed by atoms with Gasteiger partial charge in [-0.3, -0.25) is 0 Å². The summed E-state index contributed by atoms with van der Waals surface area (Å²) in [6, 6.07) is 8.25. The molecule has 0 heterocycles.